The lowest BCUT2D eigenvalue weighted by atomic mass is 10.1. The van der Waals surface area contributed by atoms with Crippen LogP contribution in [-0.4, -0.2) is 57.1 Å². The molecule has 0 aliphatic heterocycles. The number of nitrogens with zero attached hydrogens (tertiary/aromatic N) is 2. The summed E-state index contributed by atoms with van der Waals surface area (Å²) in [6.07, 6.45) is 1.74. The zero-order valence-electron chi connectivity index (χ0n) is 21.0. The molecule has 0 bridgehead atoms. The van der Waals surface area contributed by atoms with Crippen LogP contribution in [0.25, 0.3) is 0 Å². The van der Waals surface area contributed by atoms with Crippen LogP contribution in [0.2, 0.25) is 5.02 Å². The number of hydrogen-bond acceptors (Lipinski definition) is 5. The monoisotopic (exact) mass is 523 g/mol. The number of aryl methyl sites for hydroxylation is 1. The average molecular weight is 524 g/mol. The smallest absolute Gasteiger partial charge is 0.244 e. The molecule has 2 amide bonds. The fourth-order valence-electron chi connectivity index (χ4n) is 3.47. The maximum atomic E-state index is 13.6. The standard InChI is InChI=1S/C25H34ClN3O5S/c1-7-18(3)27-25(31)19(4)28(15-20-11-9-8-10-17(20)2)24(30)16-29(35(6,32)33)22-14-21(26)12-13-23(22)34-5/h8-14,18-19H,7,15-16H2,1-6H3,(H,27,31)/t18-,19-/m1/s1. The summed E-state index contributed by atoms with van der Waals surface area (Å²) in [5, 5.41) is 3.20. The van der Waals surface area contributed by atoms with Gasteiger partial charge in [-0.2, -0.15) is 0 Å². The first-order chi connectivity index (χ1) is 16.4. The number of hydrogen-bond donors (Lipinski definition) is 1. The molecule has 0 fully saturated rings. The van der Waals surface area contributed by atoms with Gasteiger partial charge in [-0.1, -0.05) is 42.8 Å². The second-order valence-corrected chi connectivity index (χ2v) is 10.9. The first-order valence-electron chi connectivity index (χ1n) is 11.3. The van der Waals surface area contributed by atoms with Crippen molar-refractivity contribution >= 4 is 39.1 Å². The molecule has 2 rings (SSSR count). The van der Waals surface area contributed by atoms with Crippen molar-refractivity contribution in [1.82, 2.24) is 10.2 Å². The maximum absolute atomic E-state index is 13.6. The Kier molecular flexibility index (Phi) is 9.97. The summed E-state index contributed by atoms with van der Waals surface area (Å²) in [7, 11) is -2.50. The van der Waals surface area contributed by atoms with Gasteiger partial charge in [0.05, 0.1) is 19.1 Å². The highest BCUT2D eigenvalue weighted by Gasteiger charge is 2.31. The van der Waals surface area contributed by atoms with E-state index in [1.165, 1.54) is 24.1 Å². The zero-order valence-corrected chi connectivity index (χ0v) is 22.6. The highest BCUT2D eigenvalue weighted by molar-refractivity contribution is 7.92. The Labute approximate surface area is 213 Å². The molecule has 0 radical (unpaired) electrons. The van der Waals surface area contributed by atoms with E-state index in [0.29, 0.717) is 5.02 Å². The second-order valence-electron chi connectivity index (χ2n) is 8.53. The lowest BCUT2D eigenvalue weighted by molar-refractivity contribution is -0.139. The van der Waals surface area contributed by atoms with Crippen LogP contribution in [0.5, 0.6) is 5.75 Å². The van der Waals surface area contributed by atoms with Gasteiger partial charge in [-0.3, -0.25) is 13.9 Å². The van der Waals surface area contributed by atoms with Crippen molar-refractivity contribution in [3.8, 4) is 5.75 Å². The number of anilines is 1. The van der Waals surface area contributed by atoms with Gasteiger partial charge in [-0.25, -0.2) is 8.42 Å². The van der Waals surface area contributed by atoms with Gasteiger partial charge in [0.1, 0.15) is 18.3 Å². The molecule has 0 unspecified atom stereocenters. The Balaban J connectivity index is 2.47. The molecule has 0 aliphatic carbocycles. The number of ether oxygens (including phenoxy) is 1. The van der Waals surface area contributed by atoms with Crippen LogP contribution < -0.4 is 14.4 Å². The molecule has 2 atom stereocenters. The van der Waals surface area contributed by atoms with E-state index in [1.54, 1.807) is 13.0 Å². The van der Waals surface area contributed by atoms with Gasteiger partial charge in [0.15, 0.2) is 0 Å². The molecular weight excluding hydrogens is 490 g/mol. The summed E-state index contributed by atoms with van der Waals surface area (Å²) >= 11 is 6.12. The van der Waals surface area contributed by atoms with E-state index in [2.05, 4.69) is 5.32 Å². The van der Waals surface area contributed by atoms with Crippen molar-refractivity contribution in [2.24, 2.45) is 0 Å². The summed E-state index contributed by atoms with van der Waals surface area (Å²) in [6.45, 7) is 7.01. The van der Waals surface area contributed by atoms with Crippen LogP contribution in [-0.2, 0) is 26.2 Å². The molecule has 2 aromatic carbocycles. The van der Waals surface area contributed by atoms with Crippen molar-refractivity contribution in [3.63, 3.8) is 0 Å². The van der Waals surface area contributed by atoms with Crippen LogP contribution in [0.1, 0.15) is 38.3 Å². The summed E-state index contributed by atoms with van der Waals surface area (Å²) in [5.74, 6) is -0.597. The third kappa shape index (κ3) is 7.60. The summed E-state index contributed by atoms with van der Waals surface area (Å²) in [5.41, 5.74) is 1.95. The molecular formula is C25H34ClN3O5S. The number of methoxy groups -OCH3 is 1. The van der Waals surface area contributed by atoms with Crippen LogP contribution in [0.4, 0.5) is 5.69 Å². The highest BCUT2D eigenvalue weighted by atomic mass is 35.5. The Morgan fingerprint density at radius 1 is 1.14 bits per heavy atom. The fourth-order valence-corrected chi connectivity index (χ4v) is 4.48. The minimum absolute atomic E-state index is 0.0661. The Bertz CT molecular complexity index is 1160. The van der Waals surface area contributed by atoms with Crippen molar-refractivity contribution in [2.45, 2.75) is 52.7 Å². The lowest BCUT2D eigenvalue weighted by Gasteiger charge is -2.32. The average Bonchev–Trinajstić information content (AvgIpc) is 2.80. The van der Waals surface area contributed by atoms with Crippen molar-refractivity contribution in [3.05, 3.63) is 58.6 Å². The van der Waals surface area contributed by atoms with E-state index < -0.39 is 28.5 Å². The van der Waals surface area contributed by atoms with Crippen LogP contribution >= 0.6 is 11.6 Å². The lowest BCUT2D eigenvalue weighted by Crippen LogP contribution is -2.52. The number of sulfonamides is 1. The van der Waals surface area contributed by atoms with Gasteiger partial charge >= 0.3 is 0 Å². The summed E-state index contributed by atoms with van der Waals surface area (Å²) in [4.78, 5) is 28.0. The quantitative estimate of drug-likeness (QED) is 0.484. The van der Waals surface area contributed by atoms with E-state index in [9.17, 15) is 18.0 Å². The van der Waals surface area contributed by atoms with Gasteiger partial charge in [0, 0.05) is 17.6 Å². The molecule has 8 nitrogen and oxygen atoms in total. The minimum Gasteiger partial charge on any atom is -0.495 e. The summed E-state index contributed by atoms with van der Waals surface area (Å²) < 4.78 is 31.8. The fraction of sp³-hybridized carbons (Fsp3) is 0.440. The molecule has 0 heterocycles. The predicted molar refractivity (Wildman–Crippen MR) is 139 cm³/mol. The molecule has 1 N–H and O–H groups in total. The van der Waals surface area contributed by atoms with Gasteiger partial charge in [0.25, 0.3) is 0 Å². The number of carbonyl (C=O) groups is 2. The minimum atomic E-state index is -3.90. The number of carbonyl (C=O) groups excluding carboxylic acids is 2. The highest BCUT2D eigenvalue weighted by Crippen LogP contribution is 2.33. The maximum Gasteiger partial charge on any atom is 0.244 e. The van der Waals surface area contributed by atoms with Crippen molar-refractivity contribution < 1.29 is 22.7 Å². The Hall–Kier alpha value is -2.78. The van der Waals surface area contributed by atoms with Gasteiger partial charge in [0.2, 0.25) is 21.8 Å². The molecule has 0 saturated heterocycles. The molecule has 2 aromatic rings. The normalized spacial score (nSPS) is 13.0. The number of nitrogens with one attached hydrogen (secondary N) is 1. The third-order valence-electron chi connectivity index (χ3n) is 5.86. The van der Waals surface area contributed by atoms with Gasteiger partial charge in [-0.15, -0.1) is 0 Å². The van der Waals surface area contributed by atoms with Crippen LogP contribution in [0.3, 0.4) is 0 Å². The Morgan fingerprint density at radius 3 is 2.37 bits per heavy atom. The van der Waals surface area contributed by atoms with E-state index in [0.717, 1.165) is 28.1 Å². The summed E-state index contributed by atoms with van der Waals surface area (Å²) in [6, 6.07) is 11.2. The number of amides is 2. The number of rotatable bonds is 11. The van der Waals surface area contributed by atoms with Crippen LogP contribution in [0, 0.1) is 6.92 Å². The van der Waals surface area contributed by atoms with E-state index in [1.807, 2.05) is 45.0 Å². The van der Waals surface area contributed by atoms with Crippen molar-refractivity contribution in [1.29, 1.82) is 0 Å². The largest absolute Gasteiger partial charge is 0.495 e. The zero-order chi connectivity index (χ0) is 26.3. The van der Waals surface area contributed by atoms with Crippen molar-refractivity contribution in [2.75, 3.05) is 24.2 Å². The van der Waals surface area contributed by atoms with E-state index >= 15 is 0 Å². The molecule has 0 spiro atoms. The number of benzene rings is 2. The topological polar surface area (TPSA) is 96.0 Å². The molecule has 192 valence electrons. The number of halogens is 1. The first kappa shape index (κ1) is 28.5. The van der Waals surface area contributed by atoms with E-state index in [4.69, 9.17) is 16.3 Å². The van der Waals surface area contributed by atoms with E-state index in [-0.39, 0.29) is 29.9 Å². The molecule has 0 aromatic heterocycles. The second kappa shape index (κ2) is 12.3. The van der Waals surface area contributed by atoms with Gasteiger partial charge < -0.3 is 15.0 Å². The molecule has 0 aliphatic rings. The van der Waals surface area contributed by atoms with Crippen LogP contribution in [0.15, 0.2) is 42.5 Å². The Morgan fingerprint density at radius 2 is 1.80 bits per heavy atom. The van der Waals surface area contributed by atoms with Gasteiger partial charge in [-0.05, 0) is 56.5 Å². The third-order valence-corrected chi connectivity index (χ3v) is 7.22. The molecule has 0 saturated carbocycles. The molecule has 35 heavy (non-hydrogen) atoms. The predicted octanol–water partition coefficient (Wildman–Crippen LogP) is 3.76. The SMILES string of the molecule is CC[C@@H](C)NC(=O)[C@@H](C)N(Cc1ccccc1C)C(=O)CN(c1cc(Cl)ccc1OC)S(C)(=O)=O. The first-order valence-corrected chi connectivity index (χ1v) is 13.6. The molecule has 10 heteroatoms.